The quantitative estimate of drug-likeness (QED) is 0.427. The van der Waals surface area contributed by atoms with E-state index in [1.807, 2.05) is 0 Å². The lowest BCUT2D eigenvalue weighted by Crippen LogP contribution is -2.17. The summed E-state index contributed by atoms with van der Waals surface area (Å²) >= 11 is 0. The summed E-state index contributed by atoms with van der Waals surface area (Å²) in [4.78, 5) is 11.6. The fraction of sp³-hybridized carbons (Fsp3) is 0.933. The number of carbonyl (C=O) groups is 1. The van der Waals surface area contributed by atoms with Crippen LogP contribution in [-0.4, -0.2) is 18.6 Å². The summed E-state index contributed by atoms with van der Waals surface area (Å²) in [5, 5.41) is 0. The van der Waals surface area contributed by atoms with Crippen molar-refractivity contribution in [3.63, 3.8) is 0 Å². The van der Waals surface area contributed by atoms with Gasteiger partial charge in [0.15, 0.2) is 0 Å². The van der Waals surface area contributed by atoms with Crippen LogP contribution in [0.3, 0.4) is 0 Å². The number of esters is 1. The molecule has 2 N–H and O–H groups in total. The second kappa shape index (κ2) is 12.9. The van der Waals surface area contributed by atoms with Gasteiger partial charge in [0.1, 0.15) is 6.10 Å². The van der Waals surface area contributed by atoms with Crippen LogP contribution in [0.25, 0.3) is 0 Å². The molecule has 0 saturated heterocycles. The van der Waals surface area contributed by atoms with Crippen LogP contribution < -0.4 is 5.73 Å². The molecule has 0 aliphatic heterocycles. The fourth-order valence-electron chi connectivity index (χ4n) is 1.97. The summed E-state index contributed by atoms with van der Waals surface area (Å²) in [6, 6.07) is 0. The van der Waals surface area contributed by atoms with Gasteiger partial charge in [-0.3, -0.25) is 4.79 Å². The first-order chi connectivity index (χ1) is 8.74. The number of ether oxygens (including phenoxy) is 1. The zero-order valence-corrected chi connectivity index (χ0v) is 12.2. The summed E-state index contributed by atoms with van der Waals surface area (Å²) < 4.78 is 5.47. The standard InChI is InChI=1S/C15H31NO2/c1-3-5-11-14(4-2)18-15(17)12-9-7-6-8-10-13-16/h14H,3-13,16H2,1-2H3. The van der Waals surface area contributed by atoms with Crippen LogP contribution in [-0.2, 0) is 9.53 Å². The van der Waals surface area contributed by atoms with Crippen molar-refractivity contribution in [3.05, 3.63) is 0 Å². The molecule has 18 heavy (non-hydrogen) atoms. The fourth-order valence-corrected chi connectivity index (χ4v) is 1.97. The van der Waals surface area contributed by atoms with Crippen LogP contribution >= 0.6 is 0 Å². The molecular formula is C15H31NO2. The summed E-state index contributed by atoms with van der Waals surface area (Å²) in [7, 11) is 0. The van der Waals surface area contributed by atoms with Crippen molar-refractivity contribution in [2.75, 3.05) is 6.54 Å². The molecule has 0 aromatic heterocycles. The van der Waals surface area contributed by atoms with E-state index in [0.29, 0.717) is 6.42 Å². The highest BCUT2D eigenvalue weighted by Crippen LogP contribution is 2.11. The first kappa shape index (κ1) is 17.4. The highest BCUT2D eigenvalue weighted by Gasteiger charge is 2.11. The van der Waals surface area contributed by atoms with Crippen molar-refractivity contribution in [2.45, 2.75) is 84.2 Å². The van der Waals surface area contributed by atoms with Crippen molar-refractivity contribution in [2.24, 2.45) is 5.73 Å². The van der Waals surface area contributed by atoms with Gasteiger partial charge in [-0.05, 0) is 32.2 Å². The third kappa shape index (κ3) is 10.6. The Bertz CT molecular complexity index is 195. The van der Waals surface area contributed by atoms with Crippen LogP contribution in [0.2, 0.25) is 0 Å². The molecule has 1 atom stereocenters. The van der Waals surface area contributed by atoms with Gasteiger partial charge >= 0.3 is 5.97 Å². The number of hydrogen-bond acceptors (Lipinski definition) is 3. The summed E-state index contributed by atoms with van der Waals surface area (Å²) in [5.41, 5.74) is 5.43. The lowest BCUT2D eigenvalue weighted by Gasteiger charge is -2.15. The van der Waals surface area contributed by atoms with Gasteiger partial charge in [0.2, 0.25) is 0 Å². The van der Waals surface area contributed by atoms with E-state index in [0.717, 1.165) is 51.5 Å². The number of hydrogen-bond donors (Lipinski definition) is 1. The van der Waals surface area contributed by atoms with E-state index in [1.54, 1.807) is 0 Å². The van der Waals surface area contributed by atoms with Crippen molar-refractivity contribution >= 4 is 5.97 Å². The molecule has 3 heteroatoms. The largest absolute Gasteiger partial charge is 0.462 e. The Morgan fingerprint density at radius 1 is 1.06 bits per heavy atom. The Hall–Kier alpha value is -0.570. The van der Waals surface area contributed by atoms with Crippen LogP contribution in [0.15, 0.2) is 0 Å². The molecule has 108 valence electrons. The average Bonchev–Trinajstić information content (AvgIpc) is 2.38. The first-order valence-electron chi connectivity index (χ1n) is 7.64. The molecule has 1 unspecified atom stereocenters. The van der Waals surface area contributed by atoms with Crippen molar-refractivity contribution in [1.82, 2.24) is 0 Å². The molecule has 3 nitrogen and oxygen atoms in total. The third-order valence-electron chi connectivity index (χ3n) is 3.22. The molecule has 0 aromatic carbocycles. The van der Waals surface area contributed by atoms with E-state index >= 15 is 0 Å². The number of carbonyl (C=O) groups excluding carboxylic acids is 1. The van der Waals surface area contributed by atoms with Gasteiger partial charge in [0.25, 0.3) is 0 Å². The van der Waals surface area contributed by atoms with E-state index in [-0.39, 0.29) is 12.1 Å². The molecule has 0 aliphatic rings. The molecule has 0 bridgehead atoms. The van der Waals surface area contributed by atoms with Crippen molar-refractivity contribution in [3.8, 4) is 0 Å². The van der Waals surface area contributed by atoms with Crippen LogP contribution in [0.5, 0.6) is 0 Å². The van der Waals surface area contributed by atoms with Gasteiger partial charge in [-0.25, -0.2) is 0 Å². The Morgan fingerprint density at radius 3 is 2.33 bits per heavy atom. The molecular weight excluding hydrogens is 226 g/mol. The van der Waals surface area contributed by atoms with E-state index in [1.165, 1.54) is 12.8 Å². The summed E-state index contributed by atoms with van der Waals surface area (Å²) in [6.45, 7) is 5.02. The SMILES string of the molecule is CCCCC(CC)OC(=O)CCCCCCCN. The highest BCUT2D eigenvalue weighted by molar-refractivity contribution is 5.69. The third-order valence-corrected chi connectivity index (χ3v) is 3.22. The van der Waals surface area contributed by atoms with Crippen LogP contribution in [0.1, 0.15) is 78.1 Å². The van der Waals surface area contributed by atoms with Crippen LogP contribution in [0.4, 0.5) is 0 Å². The van der Waals surface area contributed by atoms with Gasteiger partial charge in [-0.2, -0.15) is 0 Å². The normalized spacial score (nSPS) is 12.4. The maximum absolute atomic E-state index is 11.6. The second-order valence-corrected chi connectivity index (χ2v) is 4.97. The van der Waals surface area contributed by atoms with E-state index < -0.39 is 0 Å². The molecule has 0 heterocycles. The zero-order valence-electron chi connectivity index (χ0n) is 12.2. The van der Waals surface area contributed by atoms with Gasteiger partial charge in [0, 0.05) is 6.42 Å². The van der Waals surface area contributed by atoms with E-state index in [9.17, 15) is 4.79 Å². The lowest BCUT2D eigenvalue weighted by atomic mass is 10.1. The molecule has 0 rings (SSSR count). The molecule has 0 fully saturated rings. The highest BCUT2D eigenvalue weighted by atomic mass is 16.5. The van der Waals surface area contributed by atoms with Crippen molar-refractivity contribution < 1.29 is 9.53 Å². The molecule has 0 aliphatic carbocycles. The Morgan fingerprint density at radius 2 is 1.72 bits per heavy atom. The van der Waals surface area contributed by atoms with Crippen molar-refractivity contribution in [1.29, 1.82) is 0 Å². The smallest absolute Gasteiger partial charge is 0.306 e. The topological polar surface area (TPSA) is 52.3 Å². The predicted octanol–water partition coefficient (Wildman–Crippen LogP) is 3.80. The number of unbranched alkanes of at least 4 members (excludes halogenated alkanes) is 5. The lowest BCUT2D eigenvalue weighted by molar-refractivity contribution is -0.149. The van der Waals surface area contributed by atoms with Gasteiger partial charge in [-0.15, -0.1) is 0 Å². The molecule has 0 aromatic rings. The molecule has 0 radical (unpaired) electrons. The summed E-state index contributed by atoms with van der Waals surface area (Å²) in [5.74, 6) is -0.0169. The van der Waals surface area contributed by atoms with E-state index in [4.69, 9.17) is 10.5 Å². The minimum Gasteiger partial charge on any atom is -0.462 e. The number of nitrogens with two attached hydrogens (primary N) is 1. The minimum absolute atomic E-state index is 0.0169. The molecule has 0 spiro atoms. The monoisotopic (exact) mass is 257 g/mol. The van der Waals surface area contributed by atoms with Gasteiger partial charge in [-0.1, -0.05) is 46.0 Å². The zero-order chi connectivity index (χ0) is 13.6. The van der Waals surface area contributed by atoms with E-state index in [2.05, 4.69) is 13.8 Å². The average molecular weight is 257 g/mol. The predicted molar refractivity (Wildman–Crippen MR) is 76.5 cm³/mol. The maximum atomic E-state index is 11.6. The van der Waals surface area contributed by atoms with Gasteiger partial charge in [0.05, 0.1) is 0 Å². The Kier molecular flexibility index (Phi) is 12.5. The Balaban J connectivity index is 3.50. The van der Waals surface area contributed by atoms with Crippen LogP contribution in [0, 0.1) is 0 Å². The Labute approximate surface area is 112 Å². The van der Waals surface area contributed by atoms with Gasteiger partial charge < -0.3 is 10.5 Å². The summed E-state index contributed by atoms with van der Waals surface area (Å²) in [6.07, 6.45) is 10.5. The molecule has 0 saturated carbocycles. The minimum atomic E-state index is -0.0169. The molecule has 0 amide bonds. The maximum Gasteiger partial charge on any atom is 0.306 e. The number of rotatable bonds is 12. The second-order valence-electron chi connectivity index (χ2n) is 4.97. The first-order valence-corrected chi connectivity index (χ1v) is 7.64.